The van der Waals surface area contributed by atoms with Crippen molar-refractivity contribution in [3.8, 4) is 11.3 Å². The van der Waals surface area contributed by atoms with Crippen LogP contribution in [0.1, 0.15) is 17.8 Å². The van der Waals surface area contributed by atoms with Gasteiger partial charge in [0.05, 0.1) is 11.4 Å². The van der Waals surface area contributed by atoms with Crippen molar-refractivity contribution in [2.75, 3.05) is 25.5 Å². The SMILES string of the molecule is Cc1nn(C)c(C)c1-c1ccnc(NC[C@H]2CC(=O)N(C)C2)n1. The summed E-state index contributed by atoms with van der Waals surface area (Å²) < 4.78 is 1.86. The Hall–Kier alpha value is -2.44. The molecule has 1 saturated heterocycles. The van der Waals surface area contributed by atoms with Crippen molar-refractivity contribution in [3.05, 3.63) is 23.7 Å². The molecule has 0 radical (unpaired) electrons. The molecule has 0 saturated carbocycles. The lowest BCUT2D eigenvalue weighted by Gasteiger charge is -2.11. The van der Waals surface area contributed by atoms with E-state index in [4.69, 9.17) is 0 Å². The number of anilines is 1. The third-order valence-electron chi connectivity index (χ3n) is 4.39. The fourth-order valence-corrected chi connectivity index (χ4v) is 3.06. The van der Waals surface area contributed by atoms with Crippen LogP contribution in [-0.2, 0) is 11.8 Å². The highest BCUT2D eigenvalue weighted by atomic mass is 16.2. The highest BCUT2D eigenvalue weighted by Gasteiger charge is 2.26. The summed E-state index contributed by atoms with van der Waals surface area (Å²) >= 11 is 0. The standard InChI is InChI=1S/C16H22N6O/c1-10-15(11(2)22(4)20-10)13-5-6-17-16(19-13)18-8-12-7-14(23)21(3)9-12/h5-6,12H,7-9H2,1-4H3,(H,17,18,19)/t12-/m1/s1. The zero-order chi connectivity index (χ0) is 16.6. The summed E-state index contributed by atoms with van der Waals surface area (Å²) in [5, 5.41) is 7.69. The Morgan fingerprint density at radius 3 is 2.74 bits per heavy atom. The molecule has 1 aliphatic rings. The molecule has 122 valence electrons. The number of likely N-dealkylation sites (tertiary alicyclic amines) is 1. The molecule has 1 fully saturated rings. The second kappa shape index (κ2) is 5.98. The lowest BCUT2D eigenvalue weighted by molar-refractivity contribution is -0.126. The van der Waals surface area contributed by atoms with Crippen LogP contribution in [0.5, 0.6) is 0 Å². The van der Waals surface area contributed by atoms with Crippen molar-refractivity contribution in [1.29, 1.82) is 0 Å². The van der Waals surface area contributed by atoms with Gasteiger partial charge in [0.25, 0.3) is 0 Å². The molecule has 2 aromatic heterocycles. The van der Waals surface area contributed by atoms with E-state index in [1.165, 1.54) is 0 Å². The minimum atomic E-state index is 0.202. The first-order chi connectivity index (χ1) is 11.0. The smallest absolute Gasteiger partial charge is 0.223 e. The Morgan fingerprint density at radius 2 is 2.13 bits per heavy atom. The van der Waals surface area contributed by atoms with Crippen LogP contribution in [0, 0.1) is 19.8 Å². The molecule has 7 nitrogen and oxygen atoms in total. The number of hydrogen-bond acceptors (Lipinski definition) is 5. The summed E-state index contributed by atoms with van der Waals surface area (Å²) in [4.78, 5) is 22.2. The molecule has 2 aromatic rings. The first-order valence-corrected chi connectivity index (χ1v) is 7.77. The average Bonchev–Trinajstić information content (AvgIpc) is 2.96. The summed E-state index contributed by atoms with van der Waals surface area (Å²) in [6.45, 7) is 5.50. The van der Waals surface area contributed by atoms with Crippen LogP contribution in [0.25, 0.3) is 11.3 Å². The van der Waals surface area contributed by atoms with Crippen LogP contribution in [0.3, 0.4) is 0 Å². The van der Waals surface area contributed by atoms with E-state index in [1.807, 2.05) is 38.7 Å². The zero-order valence-corrected chi connectivity index (χ0v) is 14.0. The Kier molecular flexibility index (Phi) is 4.02. The molecular formula is C16H22N6O. The van der Waals surface area contributed by atoms with Crippen molar-refractivity contribution < 1.29 is 4.79 Å². The van der Waals surface area contributed by atoms with Crippen LogP contribution >= 0.6 is 0 Å². The van der Waals surface area contributed by atoms with Crippen LogP contribution < -0.4 is 5.32 Å². The molecule has 7 heteroatoms. The monoisotopic (exact) mass is 314 g/mol. The summed E-state index contributed by atoms with van der Waals surface area (Å²) in [5.74, 6) is 1.10. The van der Waals surface area contributed by atoms with Crippen molar-refractivity contribution in [3.63, 3.8) is 0 Å². The molecule has 3 heterocycles. The van der Waals surface area contributed by atoms with Crippen molar-refractivity contribution in [2.24, 2.45) is 13.0 Å². The van der Waals surface area contributed by atoms with Gasteiger partial charge in [0.1, 0.15) is 0 Å². The first kappa shape index (κ1) is 15.5. The van der Waals surface area contributed by atoms with Crippen molar-refractivity contribution in [2.45, 2.75) is 20.3 Å². The van der Waals surface area contributed by atoms with Gasteiger partial charge in [-0.15, -0.1) is 0 Å². The number of carbonyl (C=O) groups is 1. The van der Waals surface area contributed by atoms with Crippen molar-refractivity contribution >= 4 is 11.9 Å². The summed E-state index contributed by atoms with van der Waals surface area (Å²) in [5.41, 5.74) is 3.95. The van der Waals surface area contributed by atoms with Crippen LogP contribution in [0.2, 0.25) is 0 Å². The maximum absolute atomic E-state index is 11.6. The highest BCUT2D eigenvalue weighted by molar-refractivity contribution is 5.78. The normalized spacial score (nSPS) is 17.8. The fraction of sp³-hybridized carbons (Fsp3) is 0.500. The minimum absolute atomic E-state index is 0.202. The number of aromatic nitrogens is 4. The number of nitrogens with one attached hydrogen (secondary N) is 1. The van der Waals surface area contributed by atoms with Crippen LogP contribution in [0.15, 0.2) is 12.3 Å². The maximum atomic E-state index is 11.6. The fourth-order valence-electron chi connectivity index (χ4n) is 3.06. The second-order valence-corrected chi connectivity index (χ2v) is 6.16. The quantitative estimate of drug-likeness (QED) is 0.923. The summed E-state index contributed by atoms with van der Waals surface area (Å²) in [7, 11) is 3.77. The Balaban J connectivity index is 1.74. The third kappa shape index (κ3) is 3.04. The lowest BCUT2D eigenvalue weighted by Crippen LogP contribution is -2.21. The number of nitrogens with zero attached hydrogens (tertiary/aromatic N) is 5. The largest absolute Gasteiger partial charge is 0.354 e. The molecule has 0 spiro atoms. The minimum Gasteiger partial charge on any atom is -0.354 e. The van der Waals surface area contributed by atoms with Gasteiger partial charge in [-0.05, 0) is 19.9 Å². The number of aryl methyl sites for hydroxylation is 2. The third-order valence-corrected chi connectivity index (χ3v) is 4.39. The van der Waals surface area contributed by atoms with Gasteiger partial charge in [-0.2, -0.15) is 5.10 Å². The number of amides is 1. The van der Waals surface area contributed by atoms with E-state index in [2.05, 4.69) is 20.4 Å². The van der Waals surface area contributed by atoms with Crippen LogP contribution in [-0.4, -0.2) is 50.7 Å². The van der Waals surface area contributed by atoms with Gasteiger partial charge in [0.15, 0.2) is 0 Å². The van der Waals surface area contributed by atoms with Gasteiger partial charge < -0.3 is 10.2 Å². The lowest BCUT2D eigenvalue weighted by atomic mass is 10.1. The predicted octanol–water partition coefficient (Wildman–Crippen LogP) is 1.38. The average molecular weight is 314 g/mol. The molecule has 3 rings (SSSR count). The molecule has 0 aliphatic carbocycles. The second-order valence-electron chi connectivity index (χ2n) is 6.16. The molecule has 1 aliphatic heterocycles. The molecule has 0 bridgehead atoms. The molecule has 0 aromatic carbocycles. The molecule has 0 unspecified atom stereocenters. The van der Waals surface area contributed by atoms with Crippen molar-refractivity contribution in [1.82, 2.24) is 24.6 Å². The van der Waals surface area contributed by atoms with Gasteiger partial charge in [-0.3, -0.25) is 9.48 Å². The summed E-state index contributed by atoms with van der Waals surface area (Å²) in [6.07, 6.45) is 2.34. The molecule has 1 N–H and O–H groups in total. The van der Waals surface area contributed by atoms with E-state index in [1.54, 1.807) is 11.1 Å². The molecule has 1 amide bonds. The number of carbonyl (C=O) groups excluding carboxylic acids is 1. The van der Waals surface area contributed by atoms with Gasteiger partial charge in [0, 0.05) is 57.0 Å². The Morgan fingerprint density at radius 1 is 1.35 bits per heavy atom. The van der Waals surface area contributed by atoms with Crippen LogP contribution in [0.4, 0.5) is 5.95 Å². The van der Waals surface area contributed by atoms with E-state index in [9.17, 15) is 4.79 Å². The van der Waals surface area contributed by atoms with E-state index >= 15 is 0 Å². The van der Waals surface area contributed by atoms with E-state index in [0.29, 0.717) is 24.8 Å². The maximum Gasteiger partial charge on any atom is 0.223 e. The number of hydrogen-bond donors (Lipinski definition) is 1. The predicted molar refractivity (Wildman–Crippen MR) is 87.9 cm³/mol. The van der Waals surface area contributed by atoms with Gasteiger partial charge >= 0.3 is 0 Å². The molecule has 1 atom stereocenters. The first-order valence-electron chi connectivity index (χ1n) is 7.77. The zero-order valence-electron chi connectivity index (χ0n) is 14.0. The van der Waals surface area contributed by atoms with Gasteiger partial charge in [-0.1, -0.05) is 0 Å². The Bertz CT molecular complexity index is 738. The molecule has 23 heavy (non-hydrogen) atoms. The highest BCUT2D eigenvalue weighted by Crippen LogP contribution is 2.25. The summed E-state index contributed by atoms with van der Waals surface area (Å²) in [6, 6.07) is 1.90. The van der Waals surface area contributed by atoms with E-state index < -0.39 is 0 Å². The Labute approximate surface area is 135 Å². The van der Waals surface area contributed by atoms with E-state index in [0.717, 1.165) is 29.2 Å². The molecular weight excluding hydrogens is 292 g/mol. The number of rotatable bonds is 4. The van der Waals surface area contributed by atoms with Gasteiger partial charge in [0.2, 0.25) is 11.9 Å². The topological polar surface area (TPSA) is 75.9 Å². The van der Waals surface area contributed by atoms with Gasteiger partial charge in [-0.25, -0.2) is 9.97 Å². The van der Waals surface area contributed by atoms with E-state index in [-0.39, 0.29) is 5.91 Å².